The first kappa shape index (κ1) is 21.4. The lowest BCUT2D eigenvalue weighted by Gasteiger charge is -1.96. The minimum absolute atomic E-state index is 0.0689. The lowest BCUT2D eigenvalue weighted by molar-refractivity contribution is -0.385. The van der Waals surface area contributed by atoms with Crippen LogP contribution in [0, 0.1) is 20.2 Å². The van der Waals surface area contributed by atoms with Crippen LogP contribution in [0.4, 0.5) is 11.4 Å². The van der Waals surface area contributed by atoms with E-state index in [1.807, 2.05) is 0 Å². The number of nitro benzene ring substituents is 2. The number of hydrogen-bond acceptors (Lipinski definition) is 6. The minimum Gasteiger partial charge on any atom is -0.289 e. The molecule has 0 aliphatic heterocycles. The molecule has 2 aromatic carbocycles. The summed E-state index contributed by atoms with van der Waals surface area (Å²) in [4.78, 5) is 44.1. The molecular weight excluding hydrogens is 376 g/mol. The van der Waals surface area contributed by atoms with Crippen LogP contribution in [0.5, 0.6) is 0 Å². The molecule has 0 aromatic heterocycles. The van der Waals surface area contributed by atoms with E-state index in [2.05, 4.69) is 0 Å². The zero-order chi connectivity index (χ0) is 21.2. The number of hydrogen-bond donors (Lipinski definition) is 0. The van der Waals surface area contributed by atoms with Gasteiger partial charge in [-0.15, -0.1) is 0 Å². The van der Waals surface area contributed by atoms with E-state index in [1.165, 1.54) is 60.7 Å². The Labute approximate surface area is 166 Å². The normalized spacial score (nSPS) is 11.0. The van der Waals surface area contributed by atoms with E-state index in [4.69, 9.17) is 0 Å². The Morgan fingerprint density at radius 2 is 1.03 bits per heavy atom. The van der Waals surface area contributed by atoms with E-state index >= 15 is 0 Å². The summed E-state index contributed by atoms with van der Waals surface area (Å²) in [6.07, 6.45) is 8.28. The Morgan fingerprint density at radius 1 is 0.690 bits per heavy atom. The molecule has 2 aromatic rings. The van der Waals surface area contributed by atoms with Crippen molar-refractivity contribution in [2.45, 2.75) is 19.3 Å². The molecular formula is C21H18N2O6. The summed E-state index contributed by atoms with van der Waals surface area (Å²) in [6, 6.07) is 10.8. The van der Waals surface area contributed by atoms with Gasteiger partial charge in [0.05, 0.1) is 9.85 Å². The third kappa shape index (κ3) is 6.62. The number of non-ortho nitro benzene ring substituents is 2. The van der Waals surface area contributed by atoms with Gasteiger partial charge < -0.3 is 0 Å². The maximum absolute atomic E-state index is 12.0. The topological polar surface area (TPSA) is 120 Å². The summed E-state index contributed by atoms with van der Waals surface area (Å²) in [7, 11) is 0. The van der Waals surface area contributed by atoms with Crippen molar-refractivity contribution in [2.75, 3.05) is 0 Å². The molecule has 0 aliphatic carbocycles. The molecule has 0 atom stereocenters. The molecule has 0 amide bonds. The number of benzene rings is 2. The Hall–Kier alpha value is -3.94. The number of carbonyl (C=O) groups is 2. The number of nitro groups is 2. The second-order valence-corrected chi connectivity index (χ2v) is 6.07. The monoisotopic (exact) mass is 394 g/mol. The summed E-state index contributed by atoms with van der Waals surface area (Å²) in [5.74, 6) is -0.465. The van der Waals surface area contributed by atoms with Gasteiger partial charge in [-0.3, -0.25) is 29.8 Å². The first-order chi connectivity index (χ1) is 13.9. The van der Waals surface area contributed by atoms with Crippen LogP contribution in [0.2, 0.25) is 0 Å². The van der Waals surface area contributed by atoms with Gasteiger partial charge in [0.1, 0.15) is 0 Å². The molecule has 2 rings (SSSR count). The Morgan fingerprint density at radius 3 is 1.34 bits per heavy atom. The molecule has 0 saturated carbocycles. The van der Waals surface area contributed by atoms with Crippen molar-refractivity contribution in [2.24, 2.45) is 0 Å². The van der Waals surface area contributed by atoms with E-state index in [1.54, 1.807) is 12.2 Å². The maximum Gasteiger partial charge on any atom is 0.269 e. The predicted molar refractivity (Wildman–Crippen MR) is 107 cm³/mol. The van der Waals surface area contributed by atoms with Crippen molar-refractivity contribution in [3.05, 3.63) is 104 Å². The number of nitrogens with zero attached hydrogens (tertiary/aromatic N) is 2. The van der Waals surface area contributed by atoms with E-state index in [-0.39, 0.29) is 22.9 Å². The fourth-order valence-corrected chi connectivity index (χ4v) is 2.42. The summed E-state index contributed by atoms with van der Waals surface area (Å²) >= 11 is 0. The molecule has 0 unspecified atom stereocenters. The van der Waals surface area contributed by atoms with Crippen LogP contribution < -0.4 is 0 Å². The van der Waals surface area contributed by atoms with Gasteiger partial charge in [-0.05, 0) is 55.7 Å². The number of unbranched alkanes of at least 4 members (excludes halogenated alkanes) is 2. The molecule has 8 nitrogen and oxygen atoms in total. The number of carbonyl (C=O) groups excluding carboxylic acids is 2. The van der Waals surface area contributed by atoms with Crippen LogP contribution in [0.3, 0.4) is 0 Å². The van der Waals surface area contributed by atoms with Crippen LogP contribution in [-0.4, -0.2) is 21.4 Å². The molecule has 0 N–H and O–H groups in total. The third-order valence-corrected chi connectivity index (χ3v) is 4.01. The summed E-state index contributed by atoms with van der Waals surface area (Å²) in [5.41, 5.74) is 0.613. The lowest BCUT2D eigenvalue weighted by atomic mass is 10.1. The van der Waals surface area contributed by atoms with Gasteiger partial charge in [0, 0.05) is 35.4 Å². The molecule has 0 saturated heterocycles. The molecule has 148 valence electrons. The van der Waals surface area contributed by atoms with Gasteiger partial charge in [-0.1, -0.05) is 12.2 Å². The molecule has 0 bridgehead atoms. The lowest BCUT2D eigenvalue weighted by Crippen LogP contribution is -1.95. The fourth-order valence-electron chi connectivity index (χ4n) is 2.42. The van der Waals surface area contributed by atoms with E-state index in [0.717, 1.165) is 6.42 Å². The molecule has 0 radical (unpaired) electrons. The molecule has 29 heavy (non-hydrogen) atoms. The van der Waals surface area contributed by atoms with Crippen molar-refractivity contribution < 1.29 is 19.4 Å². The summed E-state index contributed by atoms with van der Waals surface area (Å²) in [6.45, 7) is 0. The van der Waals surface area contributed by atoms with Crippen molar-refractivity contribution in [3.8, 4) is 0 Å². The minimum atomic E-state index is -0.524. The highest BCUT2D eigenvalue weighted by molar-refractivity contribution is 6.05. The molecule has 0 heterocycles. The van der Waals surface area contributed by atoms with Gasteiger partial charge >= 0.3 is 0 Å². The van der Waals surface area contributed by atoms with Crippen LogP contribution in [-0.2, 0) is 0 Å². The SMILES string of the molecule is O=C(/C=C/CCC/C=C/C(=O)c1ccc([N+](=O)[O-])cc1)c1ccc([N+](=O)[O-])cc1. The number of rotatable bonds is 10. The third-order valence-electron chi connectivity index (χ3n) is 4.01. The fraction of sp³-hybridized carbons (Fsp3) is 0.143. The van der Waals surface area contributed by atoms with E-state index < -0.39 is 9.85 Å². The quantitative estimate of drug-likeness (QED) is 0.187. The molecule has 8 heteroatoms. The number of allylic oxidation sites excluding steroid dienone is 4. The van der Waals surface area contributed by atoms with Gasteiger partial charge in [0.2, 0.25) is 0 Å². The zero-order valence-corrected chi connectivity index (χ0v) is 15.4. The Bertz CT molecular complexity index is 880. The first-order valence-corrected chi connectivity index (χ1v) is 8.79. The van der Waals surface area contributed by atoms with Gasteiger partial charge in [0.15, 0.2) is 11.6 Å². The van der Waals surface area contributed by atoms with Crippen molar-refractivity contribution >= 4 is 22.9 Å². The second kappa shape index (κ2) is 10.4. The van der Waals surface area contributed by atoms with Gasteiger partial charge in [-0.2, -0.15) is 0 Å². The summed E-state index contributed by atoms with van der Waals surface area (Å²) < 4.78 is 0. The van der Waals surface area contributed by atoms with Crippen molar-refractivity contribution in [3.63, 3.8) is 0 Å². The Kier molecular flexibility index (Phi) is 7.67. The molecule has 0 aliphatic rings. The van der Waals surface area contributed by atoms with Crippen LogP contribution >= 0.6 is 0 Å². The largest absolute Gasteiger partial charge is 0.289 e. The van der Waals surface area contributed by atoms with E-state index in [9.17, 15) is 29.8 Å². The molecule has 0 fully saturated rings. The summed E-state index contributed by atoms with van der Waals surface area (Å²) in [5, 5.41) is 21.2. The van der Waals surface area contributed by atoms with E-state index in [0.29, 0.717) is 24.0 Å². The Balaban J connectivity index is 1.74. The highest BCUT2D eigenvalue weighted by Gasteiger charge is 2.08. The predicted octanol–water partition coefficient (Wildman–Crippen LogP) is 4.85. The van der Waals surface area contributed by atoms with Crippen LogP contribution in [0.15, 0.2) is 72.8 Å². The highest BCUT2D eigenvalue weighted by Crippen LogP contribution is 2.14. The second-order valence-electron chi connectivity index (χ2n) is 6.07. The van der Waals surface area contributed by atoms with Gasteiger partial charge in [-0.25, -0.2) is 0 Å². The first-order valence-electron chi connectivity index (χ1n) is 8.79. The maximum atomic E-state index is 12.0. The zero-order valence-electron chi connectivity index (χ0n) is 15.4. The number of ketones is 2. The smallest absolute Gasteiger partial charge is 0.269 e. The average molecular weight is 394 g/mol. The van der Waals surface area contributed by atoms with Crippen LogP contribution in [0.25, 0.3) is 0 Å². The van der Waals surface area contributed by atoms with Crippen molar-refractivity contribution in [1.29, 1.82) is 0 Å². The average Bonchev–Trinajstić information content (AvgIpc) is 2.72. The van der Waals surface area contributed by atoms with Gasteiger partial charge in [0.25, 0.3) is 11.4 Å². The van der Waals surface area contributed by atoms with Crippen LogP contribution in [0.1, 0.15) is 40.0 Å². The standard InChI is InChI=1S/C21H18N2O6/c24-20(16-8-12-18(13-9-16)22(26)27)6-4-2-1-3-5-7-21(25)17-10-14-19(15-11-17)23(28)29/h4-15H,1-3H2/b6-4+,7-5+. The highest BCUT2D eigenvalue weighted by atomic mass is 16.6. The molecule has 0 spiro atoms. The van der Waals surface area contributed by atoms with Crippen molar-refractivity contribution in [1.82, 2.24) is 0 Å².